The van der Waals surface area contributed by atoms with Crippen molar-refractivity contribution in [1.82, 2.24) is 5.32 Å². The molecule has 1 aliphatic heterocycles. The molecule has 2 nitrogen and oxygen atoms in total. The van der Waals surface area contributed by atoms with Crippen LogP contribution in [0.4, 0.5) is 0 Å². The smallest absolute Gasteiger partial charge is 0.157 e. The van der Waals surface area contributed by atoms with E-state index in [0.29, 0.717) is 16.2 Å². The molecule has 0 aromatic rings. The lowest BCUT2D eigenvalue weighted by Gasteiger charge is -2.57. The summed E-state index contributed by atoms with van der Waals surface area (Å²) >= 11 is 2.03. The van der Waals surface area contributed by atoms with Crippen molar-refractivity contribution in [2.75, 3.05) is 6.54 Å². The minimum Gasteiger partial charge on any atom is -0.359 e. The van der Waals surface area contributed by atoms with Gasteiger partial charge in [0.05, 0.1) is 6.54 Å². The number of amidine groups is 1. The van der Waals surface area contributed by atoms with E-state index in [2.05, 4.69) is 26.1 Å². The molecule has 1 N–H and O–H groups in total. The van der Waals surface area contributed by atoms with Crippen molar-refractivity contribution in [2.24, 2.45) is 28.2 Å². The summed E-state index contributed by atoms with van der Waals surface area (Å²) in [5.41, 5.74) is 0.848. The van der Waals surface area contributed by atoms with Gasteiger partial charge in [-0.15, -0.1) is 0 Å². The average molecular weight is 307 g/mol. The molecule has 3 heteroatoms. The van der Waals surface area contributed by atoms with Gasteiger partial charge in [0.2, 0.25) is 0 Å². The highest BCUT2D eigenvalue weighted by Crippen LogP contribution is 2.55. The molecule has 118 valence electrons. The van der Waals surface area contributed by atoms with Crippen LogP contribution in [-0.2, 0) is 0 Å². The van der Waals surface area contributed by atoms with E-state index in [1.54, 1.807) is 0 Å². The number of hydrogen-bond donors (Lipinski definition) is 1. The molecule has 0 spiro atoms. The van der Waals surface area contributed by atoms with Gasteiger partial charge in [0, 0.05) is 10.8 Å². The first-order valence-corrected chi connectivity index (χ1v) is 9.76. The van der Waals surface area contributed by atoms with E-state index in [-0.39, 0.29) is 0 Å². The number of hydrogen-bond acceptors (Lipinski definition) is 3. The molecule has 5 aliphatic rings. The molecule has 4 fully saturated rings. The van der Waals surface area contributed by atoms with Crippen LogP contribution < -0.4 is 5.32 Å². The van der Waals surface area contributed by atoms with Crippen LogP contribution in [0.1, 0.15) is 65.7 Å². The molecule has 21 heavy (non-hydrogen) atoms. The topological polar surface area (TPSA) is 24.4 Å². The monoisotopic (exact) mass is 306 g/mol. The van der Waals surface area contributed by atoms with Crippen molar-refractivity contribution in [1.29, 1.82) is 0 Å². The Morgan fingerprint density at radius 2 is 1.67 bits per heavy atom. The minimum atomic E-state index is 0.420. The third-order valence-electron chi connectivity index (χ3n) is 5.97. The largest absolute Gasteiger partial charge is 0.359 e. The fourth-order valence-corrected chi connectivity index (χ4v) is 7.24. The van der Waals surface area contributed by atoms with Gasteiger partial charge < -0.3 is 5.32 Å². The second-order valence-electron chi connectivity index (χ2n) is 9.47. The van der Waals surface area contributed by atoms with Gasteiger partial charge in [0.1, 0.15) is 0 Å². The molecule has 0 radical (unpaired) electrons. The molecule has 4 bridgehead atoms. The van der Waals surface area contributed by atoms with Crippen molar-refractivity contribution < 1.29 is 0 Å². The van der Waals surface area contributed by atoms with Crippen LogP contribution in [0.2, 0.25) is 0 Å². The fraction of sp³-hybridized carbons (Fsp3) is 0.944. The van der Waals surface area contributed by atoms with Gasteiger partial charge in [-0.1, -0.05) is 32.5 Å². The minimum absolute atomic E-state index is 0.420. The van der Waals surface area contributed by atoms with Crippen LogP contribution >= 0.6 is 11.8 Å². The van der Waals surface area contributed by atoms with Gasteiger partial charge in [-0.25, -0.2) is 0 Å². The molecule has 4 aliphatic carbocycles. The summed E-state index contributed by atoms with van der Waals surface area (Å²) in [6, 6.07) is 0. The Morgan fingerprint density at radius 1 is 1.10 bits per heavy atom. The summed E-state index contributed by atoms with van der Waals surface area (Å²) in [6.07, 6.45) is 10.1. The SMILES string of the molecule is CC(C)(C)CC1CN=C(NC23CC4CC(CC(C4)C2)C3)S1. The number of thioether (sulfide) groups is 1. The zero-order valence-corrected chi connectivity index (χ0v) is 14.6. The second-order valence-corrected chi connectivity index (χ2v) is 10.8. The zero-order valence-electron chi connectivity index (χ0n) is 13.8. The van der Waals surface area contributed by atoms with Gasteiger partial charge in [-0.05, 0) is 68.1 Å². The van der Waals surface area contributed by atoms with E-state index in [0.717, 1.165) is 24.3 Å². The van der Waals surface area contributed by atoms with Crippen LogP contribution in [0.25, 0.3) is 0 Å². The lowest BCUT2D eigenvalue weighted by molar-refractivity contribution is -0.00962. The molecule has 1 unspecified atom stereocenters. The summed E-state index contributed by atoms with van der Waals surface area (Å²) in [5.74, 6) is 3.04. The molecule has 0 aromatic carbocycles. The number of rotatable bonds is 2. The van der Waals surface area contributed by atoms with Crippen molar-refractivity contribution in [3.8, 4) is 0 Å². The van der Waals surface area contributed by atoms with Crippen LogP contribution in [0.3, 0.4) is 0 Å². The number of aliphatic imine (C=N–C) groups is 1. The van der Waals surface area contributed by atoms with Gasteiger partial charge in [0.25, 0.3) is 0 Å². The maximum atomic E-state index is 4.85. The quantitative estimate of drug-likeness (QED) is 0.815. The first-order chi connectivity index (χ1) is 9.89. The average Bonchev–Trinajstić information content (AvgIpc) is 2.70. The second kappa shape index (κ2) is 4.91. The van der Waals surface area contributed by atoms with Gasteiger partial charge in [0.15, 0.2) is 5.17 Å². The van der Waals surface area contributed by atoms with E-state index in [1.165, 1.54) is 50.1 Å². The Hall–Kier alpha value is -0.180. The third kappa shape index (κ3) is 3.00. The predicted molar refractivity (Wildman–Crippen MR) is 91.8 cm³/mol. The van der Waals surface area contributed by atoms with E-state index in [1.807, 2.05) is 11.8 Å². The fourth-order valence-electron chi connectivity index (χ4n) is 5.77. The van der Waals surface area contributed by atoms with Gasteiger partial charge in [-0.2, -0.15) is 0 Å². The van der Waals surface area contributed by atoms with Gasteiger partial charge in [-0.3, -0.25) is 4.99 Å². The van der Waals surface area contributed by atoms with E-state index >= 15 is 0 Å². The molecular formula is C18H30N2S. The van der Waals surface area contributed by atoms with Crippen LogP contribution in [-0.4, -0.2) is 22.5 Å². The van der Waals surface area contributed by atoms with Crippen molar-refractivity contribution >= 4 is 16.9 Å². The summed E-state index contributed by atoms with van der Waals surface area (Å²) < 4.78 is 0. The molecule has 1 heterocycles. The molecule has 4 saturated carbocycles. The lowest BCUT2D eigenvalue weighted by Crippen LogP contribution is -2.59. The van der Waals surface area contributed by atoms with Crippen molar-refractivity contribution in [3.63, 3.8) is 0 Å². The Morgan fingerprint density at radius 3 is 2.19 bits per heavy atom. The van der Waals surface area contributed by atoms with Crippen LogP contribution in [0, 0.1) is 23.2 Å². The molecule has 0 aromatic heterocycles. The first kappa shape index (κ1) is 14.4. The molecule has 5 rings (SSSR count). The number of nitrogens with zero attached hydrogens (tertiary/aromatic N) is 1. The van der Waals surface area contributed by atoms with Crippen LogP contribution in [0.5, 0.6) is 0 Å². The Kier molecular flexibility index (Phi) is 3.37. The maximum absolute atomic E-state index is 4.85. The molecule has 1 atom stereocenters. The Bertz CT molecular complexity index is 413. The highest BCUT2D eigenvalue weighted by molar-refractivity contribution is 8.14. The molecule has 0 saturated heterocycles. The summed E-state index contributed by atoms with van der Waals surface area (Å²) in [7, 11) is 0. The third-order valence-corrected chi connectivity index (χ3v) is 7.07. The van der Waals surface area contributed by atoms with Crippen molar-refractivity contribution in [3.05, 3.63) is 0 Å². The summed E-state index contributed by atoms with van der Waals surface area (Å²) in [5, 5.41) is 5.92. The highest BCUT2D eigenvalue weighted by Gasteiger charge is 2.51. The standard InChI is InChI=1S/C18H30N2S/c1-17(2,3)10-15-11-19-16(21-15)20-18-7-12-4-13(8-18)6-14(5-12)9-18/h12-15H,4-11H2,1-3H3,(H,19,20). The Balaban J connectivity index is 1.39. The van der Waals surface area contributed by atoms with Crippen molar-refractivity contribution in [2.45, 2.75) is 76.5 Å². The highest BCUT2D eigenvalue weighted by atomic mass is 32.2. The number of nitrogens with one attached hydrogen (secondary N) is 1. The maximum Gasteiger partial charge on any atom is 0.157 e. The predicted octanol–water partition coefficient (Wildman–Crippen LogP) is 4.45. The normalized spacial score (nSPS) is 45.0. The summed E-state index contributed by atoms with van der Waals surface area (Å²) in [4.78, 5) is 4.85. The Labute approximate surface area is 133 Å². The van der Waals surface area contributed by atoms with E-state index in [9.17, 15) is 0 Å². The van der Waals surface area contributed by atoms with E-state index in [4.69, 9.17) is 4.99 Å². The van der Waals surface area contributed by atoms with Crippen LogP contribution in [0.15, 0.2) is 4.99 Å². The first-order valence-electron chi connectivity index (χ1n) is 8.88. The summed E-state index contributed by atoms with van der Waals surface area (Å²) in [6.45, 7) is 8.06. The van der Waals surface area contributed by atoms with Gasteiger partial charge >= 0.3 is 0 Å². The lowest BCUT2D eigenvalue weighted by atomic mass is 9.53. The zero-order chi connectivity index (χ0) is 14.7. The molecular weight excluding hydrogens is 276 g/mol. The molecule has 0 amide bonds. The van der Waals surface area contributed by atoms with E-state index < -0.39 is 0 Å².